The van der Waals surface area contributed by atoms with Crippen molar-refractivity contribution in [1.29, 1.82) is 0 Å². The molecule has 0 aromatic rings. The molecule has 0 aromatic heterocycles. The van der Waals surface area contributed by atoms with Crippen molar-refractivity contribution in [3.8, 4) is 0 Å². The van der Waals surface area contributed by atoms with Gasteiger partial charge in [0.1, 0.15) is 5.78 Å². The quantitative estimate of drug-likeness (QED) is 0.614. The molecule has 0 heterocycles. The number of carbonyl (C=O) groups excluding carboxylic acids is 2. The first-order valence-electron chi connectivity index (χ1n) is 5.83. The summed E-state index contributed by atoms with van der Waals surface area (Å²) in [6.07, 6.45) is 4.76. The fraction of sp³-hybridized carbons (Fsp3) is 0.833. The van der Waals surface area contributed by atoms with Crippen molar-refractivity contribution in [1.82, 2.24) is 0 Å². The van der Waals surface area contributed by atoms with Crippen molar-refractivity contribution in [2.45, 2.75) is 32.1 Å². The minimum absolute atomic E-state index is 0.0115. The highest BCUT2D eigenvalue weighted by molar-refractivity contribution is 5.95. The standard InChI is InChI=1S/C12H16O3/c1-15-11(14)12-6-5-9(13)10(12)7-3-2-4-8(7)12/h7-8,10H,2-6H2,1H3/t7-,8+,10-,12+/m1/s1. The second-order valence-electron chi connectivity index (χ2n) is 5.18. The molecule has 3 aliphatic rings. The summed E-state index contributed by atoms with van der Waals surface area (Å²) in [6, 6.07) is 0. The lowest BCUT2D eigenvalue weighted by Gasteiger charge is -2.52. The number of rotatable bonds is 1. The van der Waals surface area contributed by atoms with Gasteiger partial charge in [0.25, 0.3) is 0 Å². The number of ether oxygens (including phenoxy) is 1. The van der Waals surface area contributed by atoms with E-state index in [-0.39, 0.29) is 11.9 Å². The monoisotopic (exact) mass is 208 g/mol. The highest BCUT2D eigenvalue weighted by Crippen LogP contribution is 2.68. The van der Waals surface area contributed by atoms with Crippen molar-refractivity contribution in [2.75, 3.05) is 7.11 Å². The highest BCUT2D eigenvalue weighted by Gasteiger charge is 2.71. The predicted molar refractivity (Wildman–Crippen MR) is 53.0 cm³/mol. The van der Waals surface area contributed by atoms with E-state index in [4.69, 9.17) is 4.74 Å². The Morgan fingerprint density at radius 3 is 3.00 bits per heavy atom. The van der Waals surface area contributed by atoms with Crippen LogP contribution in [0.2, 0.25) is 0 Å². The molecule has 3 aliphatic carbocycles. The highest BCUT2D eigenvalue weighted by atomic mass is 16.5. The van der Waals surface area contributed by atoms with Crippen molar-refractivity contribution < 1.29 is 14.3 Å². The molecule has 3 fully saturated rings. The number of hydrogen-bond acceptors (Lipinski definition) is 3. The maximum atomic E-state index is 11.9. The third kappa shape index (κ3) is 0.876. The van der Waals surface area contributed by atoms with E-state index in [1.165, 1.54) is 13.5 Å². The van der Waals surface area contributed by atoms with Gasteiger partial charge in [0, 0.05) is 12.3 Å². The average Bonchev–Trinajstić information content (AvgIpc) is 2.73. The molecule has 0 N–H and O–H groups in total. The Labute approximate surface area is 89.2 Å². The molecular formula is C12H16O3. The molecule has 0 radical (unpaired) electrons. The van der Waals surface area contributed by atoms with Gasteiger partial charge in [-0.15, -0.1) is 0 Å². The van der Waals surface area contributed by atoms with Crippen LogP contribution in [-0.2, 0) is 14.3 Å². The van der Waals surface area contributed by atoms with Gasteiger partial charge in [-0.1, -0.05) is 6.42 Å². The van der Waals surface area contributed by atoms with E-state index >= 15 is 0 Å². The number of methoxy groups -OCH3 is 1. The van der Waals surface area contributed by atoms with Crippen LogP contribution in [0.3, 0.4) is 0 Å². The van der Waals surface area contributed by atoms with Crippen LogP contribution in [0.4, 0.5) is 0 Å². The van der Waals surface area contributed by atoms with Crippen molar-refractivity contribution >= 4 is 11.8 Å². The molecule has 0 unspecified atom stereocenters. The number of carbonyl (C=O) groups is 2. The van der Waals surface area contributed by atoms with Crippen molar-refractivity contribution in [3.63, 3.8) is 0 Å². The molecule has 3 rings (SSSR count). The Bertz CT molecular complexity index is 336. The maximum Gasteiger partial charge on any atom is 0.312 e. The lowest BCUT2D eigenvalue weighted by atomic mass is 9.49. The van der Waals surface area contributed by atoms with Crippen molar-refractivity contribution in [3.05, 3.63) is 0 Å². The van der Waals surface area contributed by atoms with Gasteiger partial charge in [0.15, 0.2) is 0 Å². The zero-order valence-electron chi connectivity index (χ0n) is 8.99. The summed E-state index contributed by atoms with van der Waals surface area (Å²) in [5.74, 6) is 1.14. The first-order chi connectivity index (χ1) is 7.21. The van der Waals surface area contributed by atoms with E-state index < -0.39 is 5.41 Å². The summed E-state index contributed by atoms with van der Waals surface area (Å²) in [5.41, 5.74) is -0.396. The van der Waals surface area contributed by atoms with Crippen LogP contribution in [0.15, 0.2) is 0 Å². The molecule has 3 heteroatoms. The van der Waals surface area contributed by atoms with Crippen LogP contribution in [0, 0.1) is 23.2 Å². The molecule has 82 valence electrons. The van der Waals surface area contributed by atoms with Gasteiger partial charge in [-0.2, -0.15) is 0 Å². The van der Waals surface area contributed by atoms with Crippen LogP contribution in [0.25, 0.3) is 0 Å². The molecule has 0 amide bonds. The van der Waals surface area contributed by atoms with E-state index in [0.717, 1.165) is 19.3 Å². The van der Waals surface area contributed by atoms with E-state index in [1.807, 2.05) is 0 Å². The molecule has 0 spiro atoms. The molecule has 3 saturated carbocycles. The number of esters is 1. The number of Topliss-reactive ketones (excluding diaryl/α,β-unsaturated/α-hetero) is 1. The van der Waals surface area contributed by atoms with Gasteiger partial charge >= 0.3 is 5.97 Å². The van der Waals surface area contributed by atoms with Gasteiger partial charge in [-0.05, 0) is 31.1 Å². The Kier molecular flexibility index (Phi) is 1.77. The lowest BCUT2D eigenvalue weighted by molar-refractivity contribution is -0.181. The second-order valence-corrected chi connectivity index (χ2v) is 5.18. The number of hydrogen-bond donors (Lipinski definition) is 0. The molecule has 0 aromatic carbocycles. The van der Waals surface area contributed by atoms with Crippen molar-refractivity contribution in [2.24, 2.45) is 23.2 Å². The normalized spacial score (nSPS) is 47.0. The van der Waals surface area contributed by atoms with Gasteiger partial charge in [0.2, 0.25) is 0 Å². The van der Waals surface area contributed by atoms with Gasteiger partial charge < -0.3 is 4.74 Å². The summed E-state index contributed by atoms with van der Waals surface area (Å²) >= 11 is 0. The predicted octanol–water partition coefficient (Wildman–Crippen LogP) is 1.55. The first-order valence-corrected chi connectivity index (χ1v) is 5.83. The summed E-state index contributed by atoms with van der Waals surface area (Å²) < 4.78 is 4.92. The Morgan fingerprint density at radius 2 is 2.27 bits per heavy atom. The zero-order chi connectivity index (χ0) is 10.6. The molecule has 0 bridgehead atoms. The van der Waals surface area contributed by atoms with Gasteiger partial charge in [-0.3, -0.25) is 9.59 Å². The molecule has 0 saturated heterocycles. The zero-order valence-corrected chi connectivity index (χ0v) is 8.99. The molecule has 15 heavy (non-hydrogen) atoms. The molecular weight excluding hydrogens is 192 g/mol. The lowest BCUT2D eigenvalue weighted by Crippen LogP contribution is -2.58. The Morgan fingerprint density at radius 1 is 1.47 bits per heavy atom. The summed E-state index contributed by atoms with van der Waals surface area (Å²) in [5, 5.41) is 0. The van der Waals surface area contributed by atoms with E-state index in [1.54, 1.807) is 0 Å². The van der Waals surface area contributed by atoms with Crippen LogP contribution < -0.4 is 0 Å². The topological polar surface area (TPSA) is 43.4 Å². The third-order valence-corrected chi connectivity index (χ3v) is 4.91. The van der Waals surface area contributed by atoms with Crippen LogP contribution in [-0.4, -0.2) is 18.9 Å². The van der Waals surface area contributed by atoms with Crippen LogP contribution >= 0.6 is 0 Å². The summed E-state index contributed by atoms with van der Waals surface area (Å²) in [4.78, 5) is 23.7. The summed E-state index contributed by atoms with van der Waals surface area (Å²) in [6.45, 7) is 0. The fourth-order valence-electron chi connectivity index (χ4n) is 4.44. The third-order valence-electron chi connectivity index (χ3n) is 4.91. The fourth-order valence-corrected chi connectivity index (χ4v) is 4.44. The number of fused-ring (bicyclic) bond motifs is 4. The molecule has 4 atom stereocenters. The average molecular weight is 208 g/mol. The Balaban J connectivity index is 1.99. The Hall–Kier alpha value is -0.860. The van der Waals surface area contributed by atoms with Crippen LogP contribution in [0.1, 0.15) is 32.1 Å². The SMILES string of the molecule is COC(=O)[C@]12CCC(=O)[C@H]1[C@@H]1CCC[C@@H]12. The van der Waals surface area contributed by atoms with E-state index in [0.29, 0.717) is 24.0 Å². The summed E-state index contributed by atoms with van der Waals surface area (Å²) in [7, 11) is 1.44. The van der Waals surface area contributed by atoms with E-state index in [9.17, 15) is 9.59 Å². The van der Waals surface area contributed by atoms with Gasteiger partial charge in [0.05, 0.1) is 12.5 Å². The second kappa shape index (κ2) is 2.83. The number of ketones is 1. The molecule has 0 aliphatic heterocycles. The minimum Gasteiger partial charge on any atom is -0.469 e. The largest absolute Gasteiger partial charge is 0.469 e. The van der Waals surface area contributed by atoms with Gasteiger partial charge in [-0.25, -0.2) is 0 Å². The van der Waals surface area contributed by atoms with Crippen LogP contribution in [0.5, 0.6) is 0 Å². The minimum atomic E-state index is -0.396. The smallest absolute Gasteiger partial charge is 0.312 e. The maximum absolute atomic E-state index is 11.9. The van der Waals surface area contributed by atoms with E-state index in [2.05, 4.69) is 0 Å². The first kappa shape index (κ1) is 9.37. The molecule has 3 nitrogen and oxygen atoms in total.